The molecule has 0 radical (unpaired) electrons. The number of likely N-dealkylation sites (tertiary alicyclic amines) is 1. The highest BCUT2D eigenvalue weighted by molar-refractivity contribution is 8.03. The molecule has 1 amide bonds. The Bertz CT molecular complexity index is 698. The van der Waals surface area contributed by atoms with Gasteiger partial charge in [-0.3, -0.25) is 4.79 Å². The average Bonchev–Trinajstić information content (AvgIpc) is 2.89. The van der Waals surface area contributed by atoms with Gasteiger partial charge in [-0.15, -0.1) is 11.8 Å². The summed E-state index contributed by atoms with van der Waals surface area (Å²) in [4.78, 5) is 29.0. The van der Waals surface area contributed by atoms with Crippen LogP contribution in [0.3, 0.4) is 0 Å². The van der Waals surface area contributed by atoms with Crippen LogP contribution in [0.25, 0.3) is 0 Å². The quantitative estimate of drug-likeness (QED) is 0.532. The summed E-state index contributed by atoms with van der Waals surface area (Å²) in [5, 5.41) is 23.5. The molecule has 29 heavy (non-hydrogen) atoms. The number of thioether (sulfide) groups is 1. The van der Waals surface area contributed by atoms with Crippen LogP contribution in [-0.4, -0.2) is 82.0 Å². The minimum absolute atomic E-state index is 0.0331. The van der Waals surface area contributed by atoms with Crippen LogP contribution in [0.2, 0.25) is 0 Å². The summed E-state index contributed by atoms with van der Waals surface area (Å²) in [5.74, 6) is -1.03. The van der Waals surface area contributed by atoms with E-state index in [-0.39, 0.29) is 23.6 Å². The Balaban J connectivity index is 1.33. The fourth-order valence-electron chi connectivity index (χ4n) is 5.60. The van der Waals surface area contributed by atoms with Gasteiger partial charge in [-0.25, -0.2) is 4.79 Å². The molecule has 0 aromatic rings. The number of carboxylic acid groups (broad SMARTS) is 1. The number of fused-ring (bicyclic) bond motifs is 1. The van der Waals surface area contributed by atoms with Crippen molar-refractivity contribution in [2.24, 2.45) is 17.8 Å². The first-order valence-electron chi connectivity index (χ1n) is 10.9. The Labute approximate surface area is 176 Å². The summed E-state index contributed by atoms with van der Waals surface area (Å²) < 4.78 is 0. The topological polar surface area (TPSA) is 93.1 Å². The molecule has 1 saturated carbocycles. The second-order valence-corrected chi connectivity index (χ2v) is 10.6. The van der Waals surface area contributed by atoms with Gasteiger partial charge in [0.25, 0.3) is 0 Å². The third-order valence-electron chi connectivity index (χ3n) is 7.30. The number of carbonyl (C=O) groups excluding carboxylic acids is 1. The molecule has 3 fully saturated rings. The van der Waals surface area contributed by atoms with Crippen molar-refractivity contribution in [3.8, 4) is 0 Å². The van der Waals surface area contributed by atoms with Gasteiger partial charge in [0.1, 0.15) is 5.70 Å². The number of rotatable bonds is 7. The average molecular weight is 424 g/mol. The van der Waals surface area contributed by atoms with Crippen LogP contribution in [0.1, 0.15) is 39.5 Å². The largest absolute Gasteiger partial charge is 0.477 e. The number of carboxylic acids is 1. The van der Waals surface area contributed by atoms with E-state index in [2.05, 4.69) is 10.2 Å². The number of β-lactam (4-membered cyclic amide) rings is 1. The zero-order chi connectivity index (χ0) is 20.9. The fourth-order valence-corrected chi connectivity index (χ4v) is 7.18. The van der Waals surface area contributed by atoms with Crippen molar-refractivity contribution in [1.29, 1.82) is 0 Å². The lowest BCUT2D eigenvalue weighted by molar-refractivity contribution is -0.163. The summed E-state index contributed by atoms with van der Waals surface area (Å²) in [5.41, 5.74) is 0.151. The lowest BCUT2D eigenvalue weighted by Crippen LogP contribution is -2.63. The van der Waals surface area contributed by atoms with E-state index in [1.165, 1.54) is 30.6 Å². The fraction of sp³-hybridized carbons (Fsp3) is 0.810. The van der Waals surface area contributed by atoms with Crippen molar-refractivity contribution >= 4 is 23.6 Å². The van der Waals surface area contributed by atoms with Crippen molar-refractivity contribution in [3.63, 3.8) is 0 Å². The van der Waals surface area contributed by atoms with Gasteiger partial charge in [0.15, 0.2) is 0 Å². The molecular formula is C21H33N3O4S. The SMILES string of the molecule is CN[C@H]1CC[C@@H](CN2CC(SC3=C(C(=O)O)N4C(=O)[C@H]([C@@H](C)O)[C@H]4[C@H]3C)C2)CC1. The first kappa shape index (κ1) is 21.2. The number of aliphatic carboxylic acids is 1. The molecule has 7 nitrogen and oxygen atoms in total. The molecule has 3 aliphatic heterocycles. The maximum absolute atomic E-state index is 12.4. The molecular weight excluding hydrogens is 390 g/mol. The molecule has 0 aromatic heterocycles. The van der Waals surface area contributed by atoms with E-state index in [1.54, 1.807) is 18.7 Å². The molecule has 1 aliphatic carbocycles. The second-order valence-electron chi connectivity index (χ2n) is 9.24. The van der Waals surface area contributed by atoms with Crippen LogP contribution in [0.5, 0.6) is 0 Å². The number of amides is 1. The van der Waals surface area contributed by atoms with Crippen molar-refractivity contribution in [3.05, 3.63) is 10.6 Å². The number of hydrogen-bond donors (Lipinski definition) is 3. The van der Waals surface area contributed by atoms with E-state index in [1.807, 2.05) is 14.0 Å². The number of aliphatic hydroxyl groups excluding tert-OH is 1. The van der Waals surface area contributed by atoms with Crippen LogP contribution in [0.15, 0.2) is 10.6 Å². The maximum Gasteiger partial charge on any atom is 0.353 e. The van der Waals surface area contributed by atoms with Crippen LogP contribution >= 0.6 is 11.8 Å². The Morgan fingerprint density at radius 2 is 1.93 bits per heavy atom. The van der Waals surface area contributed by atoms with Gasteiger partial charge in [0.05, 0.1) is 18.1 Å². The highest BCUT2D eigenvalue weighted by Crippen LogP contribution is 2.52. The first-order valence-corrected chi connectivity index (χ1v) is 11.7. The highest BCUT2D eigenvalue weighted by Gasteiger charge is 2.60. The minimum Gasteiger partial charge on any atom is -0.477 e. The summed E-state index contributed by atoms with van der Waals surface area (Å²) in [6.45, 7) is 6.72. The predicted molar refractivity (Wildman–Crippen MR) is 112 cm³/mol. The molecule has 8 heteroatoms. The normalized spacial score (nSPS) is 36.6. The van der Waals surface area contributed by atoms with Crippen LogP contribution in [0.4, 0.5) is 0 Å². The third kappa shape index (κ3) is 3.73. The molecule has 4 atom stereocenters. The summed E-state index contributed by atoms with van der Waals surface area (Å²) in [6, 6.07) is 0.462. The Morgan fingerprint density at radius 1 is 1.28 bits per heavy atom. The summed E-state index contributed by atoms with van der Waals surface area (Å²) >= 11 is 1.64. The van der Waals surface area contributed by atoms with Crippen molar-refractivity contribution in [2.45, 2.75) is 63.0 Å². The summed E-state index contributed by atoms with van der Waals surface area (Å²) in [6.07, 6.45) is 4.34. The molecule has 4 aliphatic rings. The number of nitrogens with zero attached hydrogens (tertiary/aromatic N) is 2. The van der Waals surface area contributed by atoms with E-state index in [0.717, 1.165) is 30.5 Å². The van der Waals surface area contributed by atoms with E-state index in [0.29, 0.717) is 11.3 Å². The Kier molecular flexibility index (Phi) is 5.99. The van der Waals surface area contributed by atoms with Crippen LogP contribution < -0.4 is 5.32 Å². The monoisotopic (exact) mass is 423 g/mol. The van der Waals surface area contributed by atoms with E-state index in [4.69, 9.17) is 0 Å². The van der Waals surface area contributed by atoms with Crippen molar-refractivity contribution < 1.29 is 19.8 Å². The summed E-state index contributed by atoms with van der Waals surface area (Å²) in [7, 11) is 2.05. The number of aliphatic hydroxyl groups is 1. The number of nitrogens with one attached hydrogen (secondary N) is 1. The molecule has 0 aromatic carbocycles. The second kappa shape index (κ2) is 8.21. The smallest absolute Gasteiger partial charge is 0.353 e. The standard InChI is InChI=1S/C21H33N3O4S/c1-11-17-16(12(2)25)20(26)24(17)18(21(27)28)19(11)29-15-9-23(10-15)8-13-4-6-14(22-3)7-5-13/h11-17,22,25H,4-10H2,1-3H3,(H,27,28)/t11-,12-,13-,14+,16-,17-/m1/s1. The van der Waals surface area contributed by atoms with Gasteiger partial charge < -0.3 is 25.3 Å². The lowest BCUT2D eigenvalue weighted by Gasteiger charge is -2.46. The molecule has 4 rings (SSSR count). The van der Waals surface area contributed by atoms with E-state index >= 15 is 0 Å². The molecule has 162 valence electrons. The Hall–Kier alpha value is -1.09. The van der Waals surface area contributed by atoms with E-state index < -0.39 is 18.0 Å². The molecule has 3 heterocycles. The van der Waals surface area contributed by atoms with Crippen LogP contribution in [0, 0.1) is 17.8 Å². The Morgan fingerprint density at radius 3 is 2.48 bits per heavy atom. The minimum atomic E-state index is -1.03. The van der Waals surface area contributed by atoms with Gasteiger partial charge in [-0.2, -0.15) is 0 Å². The zero-order valence-corrected chi connectivity index (χ0v) is 18.3. The van der Waals surface area contributed by atoms with Gasteiger partial charge in [0, 0.05) is 41.7 Å². The van der Waals surface area contributed by atoms with Gasteiger partial charge in [-0.05, 0) is 45.6 Å². The number of hydrogen-bond acceptors (Lipinski definition) is 6. The predicted octanol–water partition coefficient (Wildman–Crippen LogP) is 1.34. The molecule has 3 N–H and O–H groups in total. The highest BCUT2D eigenvalue weighted by atomic mass is 32.2. The number of carbonyl (C=O) groups is 2. The zero-order valence-electron chi connectivity index (χ0n) is 17.5. The van der Waals surface area contributed by atoms with Crippen LogP contribution in [-0.2, 0) is 9.59 Å². The van der Waals surface area contributed by atoms with Crippen molar-refractivity contribution in [1.82, 2.24) is 15.1 Å². The van der Waals surface area contributed by atoms with Gasteiger partial charge in [-0.1, -0.05) is 6.92 Å². The molecule has 0 unspecified atom stereocenters. The molecule has 0 spiro atoms. The maximum atomic E-state index is 12.4. The molecule has 2 saturated heterocycles. The van der Waals surface area contributed by atoms with Gasteiger partial charge >= 0.3 is 5.97 Å². The molecule has 0 bridgehead atoms. The van der Waals surface area contributed by atoms with Gasteiger partial charge in [0.2, 0.25) is 5.91 Å². The van der Waals surface area contributed by atoms with E-state index in [9.17, 15) is 19.8 Å². The van der Waals surface area contributed by atoms with Crippen molar-refractivity contribution in [2.75, 3.05) is 26.7 Å². The lowest BCUT2D eigenvalue weighted by atomic mass is 9.79. The first-order chi connectivity index (χ1) is 13.8. The third-order valence-corrected chi connectivity index (χ3v) is 8.75.